The highest BCUT2D eigenvalue weighted by atomic mass is 127. The van der Waals surface area contributed by atoms with Crippen LogP contribution in [0.15, 0.2) is 24.3 Å². The Labute approximate surface area is 130 Å². The highest BCUT2D eigenvalue weighted by molar-refractivity contribution is 14.1. The van der Waals surface area contributed by atoms with E-state index in [1.54, 1.807) is 0 Å². The molecular formula is C14H17BrINO. The minimum Gasteiger partial charge on any atom is -0.352 e. The van der Waals surface area contributed by atoms with Crippen molar-refractivity contribution in [3.8, 4) is 0 Å². The van der Waals surface area contributed by atoms with Crippen LogP contribution in [-0.4, -0.2) is 17.8 Å². The van der Waals surface area contributed by atoms with Crippen molar-refractivity contribution in [1.29, 1.82) is 0 Å². The average Bonchev–Trinajstić information content (AvgIpc) is 2.83. The fraction of sp³-hybridized carbons (Fsp3) is 0.500. The molecule has 1 saturated carbocycles. The zero-order chi connectivity index (χ0) is 13.0. The number of amides is 1. The maximum Gasteiger partial charge on any atom is 0.251 e. The number of benzene rings is 1. The third-order valence-corrected chi connectivity index (χ3v) is 5.13. The Bertz CT molecular complexity index is 424. The van der Waals surface area contributed by atoms with Crippen LogP contribution in [0, 0.1) is 15.4 Å². The zero-order valence-corrected chi connectivity index (χ0v) is 13.9. The molecular weight excluding hydrogens is 405 g/mol. The van der Waals surface area contributed by atoms with Crippen molar-refractivity contribution in [3.63, 3.8) is 0 Å². The van der Waals surface area contributed by atoms with E-state index >= 15 is 0 Å². The molecule has 2 rings (SSSR count). The molecule has 0 aliphatic heterocycles. The summed E-state index contributed by atoms with van der Waals surface area (Å²) < 4.78 is 1.10. The lowest BCUT2D eigenvalue weighted by molar-refractivity contribution is 0.0944. The molecule has 0 spiro atoms. The second-order valence-corrected chi connectivity index (χ2v) is 6.72. The first-order valence-corrected chi connectivity index (χ1v) is 8.50. The largest absolute Gasteiger partial charge is 0.352 e. The first kappa shape index (κ1) is 14.3. The molecule has 1 N–H and O–H groups in total. The van der Waals surface area contributed by atoms with E-state index < -0.39 is 0 Å². The molecule has 2 atom stereocenters. The van der Waals surface area contributed by atoms with Crippen LogP contribution in [0.1, 0.15) is 29.6 Å². The lowest BCUT2D eigenvalue weighted by atomic mass is 9.98. The second kappa shape index (κ2) is 6.89. The first-order chi connectivity index (χ1) is 8.70. The Hall–Kier alpha value is -0.100. The van der Waals surface area contributed by atoms with Gasteiger partial charge in [0.1, 0.15) is 0 Å². The maximum atomic E-state index is 12.0. The van der Waals surface area contributed by atoms with Crippen LogP contribution in [0.25, 0.3) is 0 Å². The fourth-order valence-electron chi connectivity index (χ4n) is 2.54. The smallest absolute Gasteiger partial charge is 0.251 e. The summed E-state index contributed by atoms with van der Waals surface area (Å²) in [4.78, 5) is 12.0. The van der Waals surface area contributed by atoms with E-state index in [0.717, 1.165) is 26.9 Å². The molecule has 2 nitrogen and oxygen atoms in total. The maximum absolute atomic E-state index is 12.0. The van der Waals surface area contributed by atoms with Gasteiger partial charge < -0.3 is 5.32 Å². The third-order valence-electron chi connectivity index (χ3n) is 3.63. The summed E-state index contributed by atoms with van der Waals surface area (Å²) in [5, 5.41) is 4.12. The molecule has 98 valence electrons. The highest BCUT2D eigenvalue weighted by Gasteiger charge is 2.26. The van der Waals surface area contributed by atoms with Crippen molar-refractivity contribution >= 4 is 44.4 Å². The molecule has 1 aromatic carbocycles. The van der Waals surface area contributed by atoms with Gasteiger partial charge in [0.15, 0.2) is 0 Å². The standard InChI is InChI=1S/C14H17BrINO/c15-8-11-4-1-5-12(11)9-17-14(18)10-3-2-6-13(16)7-10/h2-3,6-7,11-12H,1,4-5,8-9H2,(H,17,18). The van der Waals surface area contributed by atoms with Crippen molar-refractivity contribution < 1.29 is 4.79 Å². The van der Waals surface area contributed by atoms with E-state index in [1.807, 2.05) is 24.3 Å². The van der Waals surface area contributed by atoms with Crippen LogP contribution in [0.3, 0.4) is 0 Å². The van der Waals surface area contributed by atoms with E-state index in [2.05, 4.69) is 43.8 Å². The lowest BCUT2D eigenvalue weighted by Crippen LogP contribution is -2.31. The van der Waals surface area contributed by atoms with Gasteiger partial charge in [-0.3, -0.25) is 4.79 Å². The molecule has 0 radical (unpaired) electrons. The van der Waals surface area contributed by atoms with E-state index in [1.165, 1.54) is 19.3 Å². The molecule has 1 amide bonds. The van der Waals surface area contributed by atoms with Gasteiger partial charge in [-0.1, -0.05) is 28.4 Å². The molecule has 1 fully saturated rings. The predicted molar refractivity (Wildman–Crippen MR) is 86.1 cm³/mol. The van der Waals surface area contributed by atoms with Crippen LogP contribution in [0.4, 0.5) is 0 Å². The number of carbonyl (C=O) groups excluding carboxylic acids is 1. The summed E-state index contributed by atoms with van der Waals surface area (Å²) in [7, 11) is 0. The SMILES string of the molecule is O=C(NCC1CCCC1CBr)c1cccc(I)c1. The summed E-state index contributed by atoms with van der Waals surface area (Å²) in [6, 6.07) is 7.71. The van der Waals surface area contributed by atoms with Gasteiger partial charge in [-0.15, -0.1) is 0 Å². The molecule has 0 bridgehead atoms. The monoisotopic (exact) mass is 421 g/mol. The van der Waals surface area contributed by atoms with Gasteiger partial charge >= 0.3 is 0 Å². The molecule has 0 aromatic heterocycles. The molecule has 4 heteroatoms. The first-order valence-electron chi connectivity index (χ1n) is 6.30. The topological polar surface area (TPSA) is 29.1 Å². The number of hydrogen-bond acceptors (Lipinski definition) is 1. The van der Waals surface area contributed by atoms with Gasteiger partial charge in [-0.25, -0.2) is 0 Å². The van der Waals surface area contributed by atoms with Gasteiger partial charge in [-0.2, -0.15) is 0 Å². The number of rotatable bonds is 4. The van der Waals surface area contributed by atoms with Crippen molar-refractivity contribution in [2.45, 2.75) is 19.3 Å². The number of halogens is 2. The normalized spacial score (nSPS) is 23.0. The van der Waals surface area contributed by atoms with Gasteiger partial charge in [0, 0.05) is 21.0 Å². The molecule has 0 heterocycles. The quantitative estimate of drug-likeness (QED) is 0.580. The Morgan fingerprint density at radius 2 is 2.17 bits per heavy atom. The average molecular weight is 422 g/mol. The minimum atomic E-state index is 0.0498. The van der Waals surface area contributed by atoms with E-state index in [0.29, 0.717) is 5.92 Å². The zero-order valence-electron chi connectivity index (χ0n) is 10.2. The summed E-state index contributed by atoms with van der Waals surface area (Å²) >= 11 is 5.79. The van der Waals surface area contributed by atoms with Crippen LogP contribution in [0.5, 0.6) is 0 Å². The Morgan fingerprint density at radius 3 is 2.89 bits per heavy atom. The summed E-state index contributed by atoms with van der Waals surface area (Å²) in [5.41, 5.74) is 0.760. The minimum absolute atomic E-state index is 0.0498. The third kappa shape index (κ3) is 3.70. The van der Waals surface area contributed by atoms with Gasteiger partial charge in [0.2, 0.25) is 0 Å². The van der Waals surface area contributed by atoms with Crippen molar-refractivity contribution in [2.75, 3.05) is 11.9 Å². The number of hydrogen-bond donors (Lipinski definition) is 1. The molecule has 18 heavy (non-hydrogen) atoms. The fourth-order valence-corrected chi connectivity index (χ4v) is 3.94. The summed E-state index contributed by atoms with van der Waals surface area (Å²) in [6.07, 6.45) is 3.82. The molecule has 0 saturated heterocycles. The van der Waals surface area contributed by atoms with Crippen LogP contribution >= 0.6 is 38.5 Å². The van der Waals surface area contributed by atoms with E-state index in [9.17, 15) is 4.79 Å². The van der Waals surface area contributed by atoms with Gasteiger partial charge in [0.05, 0.1) is 0 Å². The van der Waals surface area contributed by atoms with Gasteiger partial charge in [-0.05, 0) is 65.5 Å². The number of nitrogens with one attached hydrogen (secondary N) is 1. The molecule has 2 unspecified atom stereocenters. The van der Waals surface area contributed by atoms with Crippen LogP contribution in [0.2, 0.25) is 0 Å². The van der Waals surface area contributed by atoms with Crippen LogP contribution in [-0.2, 0) is 0 Å². The Morgan fingerprint density at radius 1 is 1.39 bits per heavy atom. The molecule has 1 aliphatic carbocycles. The van der Waals surface area contributed by atoms with E-state index in [4.69, 9.17) is 0 Å². The predicted octanol–water partition coefficient (Wildman–Crippen LogP) is 3.83. The molecule has 1 aliphatic rings. The summed E-state index contributed by atoms with van der Waals surface area (Å²) in [6.45, 7) is 0.806. The van der Waals surface area contributed by atoms with Gasteiger partial charge in [0.25, 0.3) is 5.91 Å². The number of carbonyl (C=O) groups is 1. The Kier molecular flexibility index (Phi) is 5.48. The van der Waals surface area contributed by atoms with Crippen molar-refractivity contribution in [1.82, 2.24) is 5.32 Å². The highest BCUT2D eigenvalue weighted by Crippen LogP contribution is 2.32. The number of alkyl halides is 1. The second-order valence-electron chi connectivity index (χ2n) is 4.83. The lowest BCUT2D eigenvalue weighted by Gasteiger charge is -2.17. The Balaban J connectivity index is 1.88. The van der Waals surface area contributed by atoms with Crippen molar-refractivity contribution in [2.24, 2.45) is 11.8 Å². The molecule has 1 aromatic rings. The van der Waals surface area contributed by atoms with Crippen LogP contribution < -0.4 is 5.32 Å². The van der Waals surface area contributed by atoms with Crippen molar-refractivity contribution in [3.05, 3.63) is 33.4 Å². The van der Waals surface area contributed by atoms with E-state index in [-0.39, 0.29) is 5.91 Å². The summed E-state index contributed by atoms with van der Waals surface area (Å²) in [5.74, 6) is 1.41.